The predicted octanol–water partition coefficient (Wildman–Crippen LogP) is 1.19. The van der Waals surface area contributed by atoms with Gasteiger partial charge >= 0.3 is 0 Å². The van der Waals surface area contributed by atoms with E-state index >= 15 is 0 Å². The Balaban J connectivity index is 1.66. The second-order valence-electron chi connectivity index (χ2n) is 7.34. The minimum absolute atomic E-state index is 0.0716. The fourth-order valence-electron chi connectivity index (χ4n) is 4.20. The second-order valence-corrected chi connectivity index (χ2v) is 7.34. The minimum atomic E-state index is -0.0794. The molecule has 2 fully saturated rings. The topological polar surface area (TPSA) is 76.8 Å². The molecule has 1 aromatic heterocycles. The molecule has 2 saturated heterocycles. The van der Waals surface area contributed by atoms with Crippen LogP contribution in [0.4, 0.5) is 0 Å². The van der Waals surface area contributed by atoms with E-state index in [4.69, 9.17) is 14.5 Å². The van der Waals surface area contributed by atoms with Gasteiger partial charge in [-0.2, -0.15) is 0 Å². The van der Waals surface area contributed by atoms with Gasteiger partial charge in [0.15, 0.2) is 0 Å². The number of benzene rings is 1. The summed E-state index contributed by atoms with van der Waals surface area (Å²) >= 11 is 0. The van der Waals surface area contributed by atoms with Gasteiger partial charge in [0.1, 0.15) is 5.82 Å². The van der Waals surface area contributed by atoms with Crippen molar-refractivity contribution < 1.29 is 14.6 Å². The Morgan fingerprint density at radius 2 is 1.96 bits per heavy atom. The maximum absolute atomic E-state index is 13.0. The van der Waals surface area contributed by atoms with Crippen LogP contribution in [-0.2, 0) is 16.0 Å². The highest BCUT2D eigenvalue weighted by Gasteiger charge is 2.32. The van der Waals surface area contributed by atoms with Gasteiger partial charge in [-0.05, 0) is 31.5 Å². The van der Waals surface area contributed by atoms with Crippen LogP contribution in [0.25, 0.3) is 10.9 Å². The van der Waals surface area contributed by atoms with E-state index in [1.165, 1.54) is 0 Å². The first-order valence-electron chi connectivity index (χ1n) is 9.78. The number of likely N-dealkylation sites (tertiary alicyclic amines) is 1. The van der Waals surface area contributed by atoms with E-state index in [0.29, 0.717) is 37.7 Å². The standard InChI is InChI=1S/C20H27N3O4/c24-9-8-23-19(21-17-5-2-1-4-16(17)20(23)25)18-6-3-7-22(18)12-15-13-26-10-11-27-14-15/h1-2,4-5,15,18,24H,3,6-14H2. The van der Waals surface area contributed by atoms with Gasteiger partial charge in [0.2, 0.25) is 0 Å². The molecule has 4 rings (SSSR count). The zero-order valence-corrected chi connectivity index (χ0v) is 15.5. The van der Waals surface area contributed by atoms with Gasteiger partial charge in [-0.25, -0.2) is 4.98 Å². The fraction of sp³-hybridized carbons (Fsp3) is 0.600. The summed E-state index contributed by atoms with van der Waals surface area (Å²) in [5.41, 5.74) is 0.650. The number of ether oxygens (including phenoxy) is 2. The normalized spacial score (nSPS) is 22.3. The Morgan fingerprint density at radius 1 is 1.19 bits per heavy atom. The van der Waals surface area contributed by atoms with Crippen LogP contribution in [0, 0.1) is 5.92 Å². The highest BCUT2D eigenvalue weighted by Crippen LogP contribution is 2.32. The highest BCUT2D eigenvalue weighted by atomic mass is 16.5. The van der Waals surface area contributed by atoms with Crippen molar-refractivity contribution in [2.45, 2.75) is 25.4 Å². The average molecular weight is 373 g/mol. The monoisotopic (exact) mass is 373 g/mol. The van der Waals surface area contributed by atoms with E-state index in [9.17, 15) is 9.90 Å². The van der Waals surface area contributed by atoms with E-state index in [2.05, 4.69) is 4.90 Å². The van der Waals surface area contributed by atoms with E-state index in [0.717, 1.165) is 37.3 Å². The minimum Gasteiger partial charge on any atom is -0.395 e. The van der Waals surface area contributed by atoms with Crippen molar-refractivity contribution >= 4 is 10.9 Å². The lowest BCUT2D eigenvalue weighted by Gasteiger charge is -2.29. The molecular formula is C20H27N3O4. The number of rotatable bonds is 5. The molecule has 0 bridgehead atoms. The lowest BCUT2D eigenvalue weighted by molar-refractivity contribution is 0.0973. The fourth-order valence-corrected chi connectivity index (χ4v) is 4.20. The Kier molecular flexibility index (Phi) is 5.83. The summed E-state index contributed by atoms with van der Waals surface area (Å²) < 4.78 is 12.9. The Morgan fingerprint density at radius 3 is 2.74 bits per heavy atom. The number of para-hydroxylation sites is 1. The van der Waals surface area contributed by atoms with Crippen LogP contribution < -0.4 is 5.56 Å². The highest BCUT2D eigenvalue weighted by molar-refractivity contribution is 5.77. The molecule has 0 aliphatic carbocycles. The number of hydrogen-bond acceptors (Lipinski definition) is 6. The van der Waals surface area contributed by atoms with Gasteiger partial charge < -0.3 is 14.6 Å². The van der Waals surface area contributed by atoms with Gasteiger partial charge in [-0.1, -0.05) is 12.1 Å². The second kappa shape index (κ2) is 8.48. The summed E-state index contributed by atoms with van der Waals surface area (Å²) in [6.45, 7) is 4.76. The van der Waals surface area contributed by atoms with E-state index < -0.39 is 0 Å². The lowest BCUT2D eigenvalue weighted by atomic mass is 10.1. The molecular weight excluding hydrogens is 346 g/mol. The quantitative estimate of drug-likeness (QED) is 0.848. The van der Waals surface area contributed by atoms with Crippen molar-refractivity contribution in [1.82, 2.24) is 14.5 Å². The third kappa shape index (κ3) is 3.91. The number of aromatic nitrogens is 2. The molecule has 1 N–H and O–H groups in total. The number of fused-ring (bicyclic) bond motifs is 1. The first kappa shape index (κ1) is 18.6. The molecule has 146 valence electrons. The zero-order chi connectivity index (χ0) is 18.6. The maximum Gasteiger partial charge on any atom is 0.261 e. The van der Waals surface area contributed by atoms with Gasteiger partial charge in [0.25, 0.3) is 5.56 Å². The van der Waals surface area contributed by atoms with Crippen LogP contribution in [0.5, 0.6) is 0 Å². The van der Waals surface area contributed by atoms with Crippen LogP contribution in [0.1, 0.15) is 24.7 Å². The number of aliphatic hydroxyl groups is 1. The molecule has 0 amide bonds. The van der Waals surface area contributed by atoms with Crippen LogP contribution in [0.2, 0.25) is 0 Å². The molecule has 27 heavy (non-hydrogen) atoms. The third-order valence-corrected chi connectivity index (χ3v) is 5.45. The van der Waals surface area contributed by atoms with Gasteiger partial charge in [-0.15, -0.1) is 0 Å². The van der Waals surface area contributed by atoms with Crippen LogP contribution in [0.3, 0.4) is 0 Å². The van der Waals surface area contributed by atoms with Crippen molar-refractivity contribution in [2.75, 3.05) is 46.1 Å². The number of aliphatic hydroxyl groups excluding tert-OH is 1. The van der Waals surface area contributed by atoms with Crippen LogP contribution >= 0.6 is 0 Å². The molecule has 2 aliphatic heterocycles. The van der Waals surface area contributed by atoms with Crippen molar-refractivity contribution in [2.24, 2.45) is 5.92 Å². The molecule has 7 heteroatoms. The van der Waals surface area contributed by atoms with Crippen molar-refractivity contribution in [3.8, 4) is 0 Å². The summed E-state index contributed by atoms with van der Waals surface area (Å²) in [7, 11) is 0. The summed E-state index contributed by atoms with van der Waals surface area (Å²) in [6.07, 6.45) is 2.03. The molecule has 7 nitrogen and oxygen atoms in total. The Bertz CT molecular complexity index is 830. The van der Waals surface area contributed by atoms with Crippen LogP contribution in [-0.4, -0.2) is 65.7 Å². The van der Waals surface area contributed by atoms with E-state index in [1.54, 1.807) is 10.6 Å². The molecule has 1 aromatic carbocycles. The Labute approximate surface area is 158 Å². The predicted molar refractivity (Wildman–Crippen MR) is 102 cm³/mol. The average Bonchev–Trinajstić information content (AvgIpc) is 2.98. The SMILES string of the molecule is O=c1c2ccccc2nc(C2CCCN2CC2COCCOC2)n1CCO. The molecule has 1 atom stereocenters. The molecule has 2 aliphatic rings. The van der Waals surface area contributed by atoms with Crippen molar-refractivity contribution in [3.63, 3.8) is 0 Å². The zero-order valence-electron chi connectivity index (χ0n) is 15.5. The lowest BCUT2D eigenvalue weighted by Crippen LogP contribution is -2.36. The largest absolute Gasteiger partial charge is 0.395 e. The van der Waals surface area contributed by atoms with E-state index in [-0.39, 0.29) is 24.8 Å². The first-order valence-corrected chi connectivity index (χ1v) is 9.78. The maximum atomic E-state index is 13.0. The molecule has 3 heterocycles. The van der Waals surface area contributed by atoms with Crippen LogP contribution in [0.15, 0.2) is 29.1 Å². The molecule has 0 saturated carbocycles. The molecule has 1 unspecified atom stereocenters. The number of hydrogen-bond donors (Lipinski definition) is 1. The van der Waals surface area contributed by atoms with Gasteiger partial charge in [0.05, 0.1) is 56.5 Å². The summed E-state index contributed by atoms with van der Waals surface area (Å²) in [5, 5.41) is 10.1. The summed E-state index contributed by atoms with van der Waals surface area (Å²) in [5.74, 6) is 1.09. The summed E-state index contributed by atoms with van der Waals surface area (Å²) in [4.78, 5) is 20.2. The van der Waals surface area contributed by atoms with Crippen molar-refractivity contribution in [3.05, 3.63) is 40.4 Å². The van der Waals surface area contributed by atoms with Gasteiger partial charge in [-0.3, -0.25) is 14.3 Å². The van der Waals surface area contributed by atoms with Crippen molar-refractivity contribution in [1.29, 1.82) is 0 Å². The molecule has 2 aromatic rings. The molecule has 0 spiro atoms. The number of nitrogens with zero attached hydrogens (tertiary/aromatic N) is 3. The van der Waals surface area contributed by atoms with E-state index in [1.807, 2.05) is 18.2 Å². The van der Waals surface area contributed by atoms with Gasteiger partial charge in [0, 0.05) is 12.5 Å². The first-order chi connectivity index (χ1) is 13.3. The Hall–Kier alpha value is -1.80. The smallest absolute Gasteiger partial charge is 0.261 e. The molecule has 0 radical (unpaired) electrons. The third-order valence-electron chi connectivity index (χ3n) is 5.45. The summed E-state index contributed by atoms with van der Waals surface area (Å²) in [6, 6.07) is 7.52.